The highest BCUT2D eigenvalue weighted by atomic mass is 19.4. The molecule has 1 spiro atoms. The lowest BCUT2D eigenvalue weighted by Crippen LogP contribution is -2.51. The molecule has 6 nitrogen and oxygen atoms in total. The maximum atomic E-state index is 14.0. The molecule has 0 N–H and O–H groups in total. The Labute approximate surface area is 227 Å². The molecule has 204 valence electrons. The summed E-state index contributed by atoms with van der Waals surface area (Å²) in [5.41, 5.74) is -2.89. The number of hydrogen-bond acceptors (Lipinski definition) is 5. The first kappa shape index (κ1) is 26.1. The third-order valence-electron chi connectivity index (χ3n) is 8.07. The van der Waals surface area contributed by atoms with Crippen LogP contribution in [0.15, 0.2) is 72.8 Å². The number of amides is 2. The predicted octanol–water partition coefficient (Wildman–Crippen LogP) is 5.70. The van der Waals surface area contributed by atoms with Crippen molar-refractivity contribution < 1.29 is 37.1 Å². The van der Waals surface area contributed by atoms with Crippen LogP contribution < -0.4 is 4.90 Å². The first-order valence-corrected chi connectivity index (χ1v) is 12.8. The van der Waals surface area contributed by atoms with E-state index in [1.807, 2.05) is 32.9 Å². The number of carbonyl (C=O) groups is 4. The Morgan fingerprint density at radius 2 is 1.30 bits per heavy atom. The Bertz CT molecular complexity index is 1570. The molecule has 2 aliphatic heterocycles. The fraction of sp³-hybridized carbons (Fsp3) is 0.290. The summed E-state index contributed by atoms with van der Waals surface area (Å²) < 4.78 is 48.0. The number of fused-ring (bicyclic) bond motifs is 3. The molecular weight excluding hydrogens is 523 g/mol. The van der Waals surface area contributed by atoms with E-state index in [1.165, 1.54) is 18.2 Å². The molecule has 1 aliphatic carbocycles. The molecule has 0 radical (unpaired) electrons. The Hall–Kier alpha value is -4.11. The number of nitrogens with zero attached hydrogens (tertiary/aromatic N) is 1. The second-order valence-corrected chi connectivity index (χ2v) is 11.4. The standard InChI is InChI=1S/C31H24F3NO5/c1-29(2,3)17-14-12-16(13-15-17)24-22-23(30(40-24)25(36)18-8-4-5-9-19(18)26(30)37)28(39)35(27(22)38)21-11-7-6-10-20(21)31(32,33)34/h4-15,22-24H,1-3H3. The number of rotatable bonds is 2. The van der Waals surface area contributed by atoms with Crippen molar-refractivity contribution in [1.29, 1.82) is 0 Å². The zero-order valence-electron chi connectivity index (χ0n) is 21.8. The first-order chi connectivity index (χ1) is 18.8. The fourth-order valence-electron chi connectivity index (χ4n) is 6.14. The van der Waals surface area contributed by atoms with Crippen LogP contribution >= 0.6 is 0 Å². The molecule has 0 bridgehead atoms. The zero-order chi connectivity index (χ0) is 28.8. The van der Waals surface area contributed by atoms with Crippen LogP contribution in [0.4, 0.5) is 18.9 Å². The van der Waals surface area contributed by atoms with Crippen molar-refractivity contribution >= 4 is 29.1 Å². The van der Waals surface area contributed by atoms with Gasteiger partial charge in [0.1, 0.15) is 0 Å². The van der Waals surface area contributed by atoms with Gasteiger partial charge in [0.2, 0.25) is 29.0 Å². The van der Waals surface area contributed by atoms with E-state index < -0.39 is 64.3 Å². The topological polar surface area (TPSA) is 80.8 Å². The third-order valence-corrected chi connectivity index (χ3v) is 8.07. The van der Waals surface area contributed by atoms with Crippen molar-refractivity contribution in [2.24, 2.45) is 11.8 Å². The third kappa shape index (κ3) is 3.46. The van der Waals surface area contributed by atoms with Gasteiger partial charge in [-0.05, 0) is 28.7 Å². The molecule has 2 saturated heterocycles. The molecule has 2 fully saturated rings. The fourth-order valence-corrected chi connectivity index (χ4v) is 6.14. The summed E-state index contributed by atoms with van der Waals surface area (Å²) in [7, 11) is 0. The highest BCUT2D eigenvalue weighted by Crippen LogP contribution is 2.58. The van der Waals surface area contributed by atoms with E-state index in [1.54, 1.807) is 24.3 Å². The average molecular weight is 548 g/mol. The summed E-state index contributed by atoms with van der Waals surface area (Å²) in [6.45, 7) is 6.05. The van der Waals surface area contributed by atoms with Gasteiger partial charge in [-0.25, -0.2) is 4.90 Å². The summed E-state index contributed by atoms with van der Waals surface area (Å²) in [5.74, 6) is -6.61. The van der Waals surface area contributed by atoms with Gasteiger partial charge < -0.3 is 4.74 Å². The molecular formula is C31H24F3NO5. The Kier molecular flexibility index (Phi) is 5.52. The number of hydrogen-bond donors (Lipinski definition) is 0. The number of halogens is 3. The van der Waals surface area contributed by atoms with E-state index in [0.717, 1.165) is 23.8 Å². The van der Waals surface area contributed by atoms with Crippen molar-refractivity contribution in [2.45, 2.75) is 44.1 Å². The number of carbonyl (C=O) groups excluding carboxylic acids is 4. The minimum atomic E-state index is -4.86. The lowest BCUT2D eigenvalue weighted by Gasteiger charge is -2.28. The summed E-state index contributed by atoms with van der Waals surface area (Å²) >= 11 is 0. The van der Waals surface area contributed by atoms with Crippen LogP contribution in [0.1, 0.15) is 64.3 Å². The van der Waals surface area contributed by atoms with Crippen LogP contribution in [0.25, 0.3) is 0 Å². The Morgan fingerprint density at radius 1 is 0.750 bits per heavy atom. The molecule has 3 aromatic carbocycles. The zero-order valence-corrected chi connectivity index (χ0v) is 21.8. The smallest absolute Gasteiger partial charge is 0.349 e. The molecule has 3 aromatic rings. The molecule has 6 rings (SSSR count). The quantitative estimate of drug-likeness (QED) is 0.304. The number of ketones is 2. The van der Waals surface area contributed by atoms with Crippen LogP contribution in [-0.2, 0) is 25.9 Å². The molecule has 2 amide bonds. The molecule has 2 heterocycles. The van der Waals surface area contributed by atoms with Gasteiger partial charge in [-0.1, -0.05) is 81.4 Å². The van der Waals surface area contributed by atoms with Crippen LogP contribution in [0, 0.1) is 11.8 Å². The minimum Gasteiger partial charge on any atom is -0.349 e. The average Bonchev–Trinajstić information content (AvgIpc) is 3.47. The maximum absolute atomic E-state index is 14.0. The highest BCUT2D eigenvalue weighted by Gasteiger charge is 2.75. The Morgan fingerprint density at radius 3 is 1.85 bits per heavy atom. The number of alkyl halides is 3. The SMILES string of the molecule is CC(C)(C)c1ccc(C2OC3(C(=O)c4ccccc4C3=O)C3C(=O)N(c4ccccc4C(F)(F)F)C(=O)C23)cc1. The summed E-state index contributed by atoms with van der Waals surface area (Å²) in [5, 5.41) is 0. The van der Waals surface area contributed by atoms with Gasteiger partial charge in [0.05, 0.1) is 29.2 Å². The van der Waals surface area contributed by atoms with Crippen molar-refractivity contribution in [1.82, 2.24) is 0 Å². The van der Waals surface area contributed by atoms with Crippen molar-refractivity contribution in [3.8, 4) is 0 Å². The summed E-state index contributed by atoms with van der Waals surface area (Å²) in [6.07, 6.45) is -6.08. The van der Waals surface area contributed by atoms with E-state index >= 15 is 0 Å². The number of benzene rings is 3. The number of anilines is 1. The Balaban J connectivity index is 1.53. The van der Waals surface area contributed by atoms with Gasteiger partial charge >= 0.3 is 6.18 Å². The van der Waals surface area contributed by atoms with Crippen LogP contribution in [0.5, 0.6) is 0 Å². The maximum Gasteiger partial charge on any atom is 0.418 e. The molecule has 9 heteroatoms. The van der Waals surface area contributed by atoms with Crippen molar-refractivity contribution in [3.05, 3.63) is 101 Å². The highest BCUT2D eigenvalue weighted by molar-refractivity contribution is 6.37. The monoisotopic (exact) mass is 547 g/mol. The number of ether oxygens (including phenoxy) is 1. The van der Waals surface area contributed by atoms with Gasteiger partial charge in [0, 0.05) is 11.1 Å². The predicted molar refractivity (Wildman–Crippen MR) is 138 cm³/mol. The van der Waals surface area contributed by atoms with Gasteiger partial charge in [-0.3, -0.25) is 19.2 Å². The lowest BCUT2D eigenvalue weighted by molar-refractivity contribution is -0.137. The molecule has 0 saturated carbocycles. The second-order valence-electron chi connectivity index (χ2n) is 11.4. The lowest BCUT2D eigenvalue weighted by atomic mass is 9.77. The van der Waals surface area contributed by atoms with E-state index in [2.05, 4.69) is 0 Å². The van der Waals surface area contributed by atoms with Gasteiger partial charge in [-0.2, -0.15) is 13.2 Å². The second kappa shape index (κ2) is 8.44. The van der Waals surface area contributed by atoms with E-state index in [9.17, 15) is 32.3 Å². The summed E-state index contributed by atoms with van der Waals surface area (Å²) in [4.78, 5) is 56.1. The first-order valence-electron chi connectivity index (χ1n) is 12.8. The van der Waals surface area contributed by atoms with Crippen LogP contribution in [-0.4, -0.2) is 29.0 Å². The number of imide groups is 1. The normalized spacial score (nSPS) is 23.8. The molecule has 3 aliphatic rings. The number of Topliss-reactive ketones (excluding diaryl/α,β-unsaturated/α-hetero) is 2. The van der Waals surface area contributed by atoms with Gasteiger partial charge in [0.25, 0.3) is 0 Å². The van der Waals surface area contributed by atoms with Crippen molar-refractivity contribution in [2.75, 3.05) is 4.90 Å². The van der Waals surface area contributed by atoms with Gasteiger partial charge in [-0.15, -0.1) is 0 Å². The van der Waals surface area contributed by atoms with E-state index in [4.69, 9.17) is 4.74 Å². The largest absolute Gasteiger partial charge is 0.418 e. The molecule has 40 heavy (non-hydrogen) atoms. The number of para-hydroxylation sites is 1. The molecule has 3 atom stereocenters. The van der Waals surface area contributed by atoms with E-state index in [-0.39, 0.29) is 16.5 Å². The van der Waals surface area contributed by atoms with Crippen molar-refractivity contribution in [3.63, 3.8) is 0 Å². The van der Waals surface area contributed by atoms with Crippen LogP contribution in [0.3, 0.4) is 0 Å². The minimum absolute atomic E-state index is 0.0457. The van der Waals surface area contributed by atoms with Gasteiger partial charge in [0.15, 0.2) is 0 Å². The van der Waals surface area contributed by atoms with E-state index in [0.29, 0.717) is 10.5 Å². The summed E-state index contributed by atoms with van der Waals surface area (Å²) in [6, 6.07) is 17.3. The molecule has 0 aromatic heterocycles. The molecule has 3 unspecified atom stereocenters. The van der Waals surface area contributed by atoms with Crippen LogP contribution in [0.2, 0.25) is 0 Å².